The highest BCUT2D eigenvalue weighted by Gasteiger charge is 2.56. The van der Waals surface area contributed by atoms with Crippen molar-refractivity contribution in [2.45, 2.75) is 31.8 Å². The molecule has 0 aliphatic carbocycles. The maximum absolute atomic E-state index is 12.9. The Hall–Kier alpha value is -2.72. The van der Waals surface area contributed by atoms with Crippen molar-refractivity contribution < 1.29 is 23.9 Å². The second kappa shape index (κ2) is 6.17. The van der Waals surface area contributed by atoms with Crippen LogP contribution >= 0.6 is 12.2 Å². The van der Waals surface area contributed by atoms with E-state index in [1.165, 1.54) is 10.0 Å². The first-order valence-electron chi connectivity index (χ1n) is 8.47. The van der Waals surface area contributed by atoms with Crippen LogP contribution in [0.5, 0.6) is 11.5 Å². The number of hydrazine groups is 1. The molecule has 2 saturated heterocycles. The SMILES string of the molecule is CC1(C)C(=O)NC(=S)N2C(=O)C[C@H](C(=O)Nc3ccc4c(c3)OCCO4)N21. The topological polar surface area (TPSA) is 100 Å². The molecule has 3 heterocycles. The van der Waals surface area contributed by atoms with Crippen molar-refractivity contribution in [1.29, 1.82) is 0 Å². The van der Waals surface area contributed by atoms with E-state index < -0.39 is 17.5 Å². The van der Waals surface area contributed by atoms with E-state index in [9.17, 15) is 14.4 Å². The van der Waals surface area contributed by atoms with Gasteiger partial charge in [0.05, 0.1) is 6.42 Å². The Balaban J connectivity index is 1.59. The van der Waals surface area contributed by atoms with E-state index >= 15 is 0 Å². The number of ether oxygens (including phenoxy) is 2. The minimum Gasteiger partial charge on any atom is -0.486 e. The van der Waals surface area contributed by atoms with Crippen LogP contribution < -0.4 is 20.1 Å². The van der Waals surface area contributed by atoms with Crippen molar-refractivity contribution in [1.82, 2.24) is 15.3 Å². The number of amides is 3. The van der Waals surface area contributed by atoms with Gasteiger partial charge in [-0.15, -0.1) is 0 Å². The summed E-state index contributed by atoms with van der Waals surface area (Å²) in [5.41, 5.74) is -0.597. The highest BCUT2D eigenvalue weighted by atomic mass is 32.1. The van der Waals surface area contributed by atoms with Gasteiger partial charge in [0.15, 0.2) is 16.6 Å². The molecule has 3 amide bonds. The molecule has 2 N–H and O–H groups in total. The smallest absolute Gasteiger partial charge is 0.248 e. The molecule has 142 valence electrons. The van der Waals surface area contributed by atoms with Gasteiger partial charge in [0.25, 0.3) is 0 Å². The number of nitrogens with zero attached hydrogens (tertiary/aromatic N) is 2. The molecule has 1 atom stereocenters. The lowest BCUT2D eigenvalue weighted by Gasteiger charge is -2.45. The summed E-state index contributed by atoms with van der Waals surface area (Å²) in [6.07, 6.45) is -0.0745. The normalized spacial score (nSPS) is 23.7. The van der Waals surface area contributed by atoms with Gasteiger partial charge in [-0.25, -0.2) is 5.01 Å². The Kier molecular flexibility index (Phi) is 4.04. The van der Waals surface area contributed by atoms with Gasteiger partial charge < -0.3 is 14.8 Å². The fraction of sp³-hybridized carbons (Fsp3) is 0.412. The molecule has 1 aromatic rings. The van der Waals surface area contributed by atoms with Crippen LogP contribution in [0.2, 0.25) is 0 Å². The predicted octanol–water partition coefficient (Wildman–Crippen LogP) is 0.407. The molecule has 1 aromatic carbocycles. The molecular weight excluding hydrogens is 372 g/mol. The van der Waals surface area contributed by atoms with Crippen molar-refractivity contribution in [3.63, 3.8) is 0 Å². The average molecular weight is 390 g/mol. The highest BCUT2D eigenvalue weighted by Crippen LogP contribution is 2.35. The molecule has 3 aliphatic heterocycles. The van der Waals surface area contributed by atoms with Crippen LogP contribution in [-0.2, 0) is 14.4 Å². The molecule has 4 rings (SSSR count). The zero-order chi connectivity index (χ0) is 19.3. The molecular formula is C17H18N4O5S. The summed E-state index contributed by atoms with van der Waals surface area (Å²) >= 11 is 5.11. The summed E-state index contributed by atoms with van der Waals surface area (Å²) in [5, 5.41) is 7.93. The van der Waals surface area contributed by atoms with Crippen LogP contribution in [0.15, 0.2) is 18.2 Å². The third-order valence-electron chi connectivity index (χ3n) is 4.77. The van der Waals surface area contributed by atoms with Crippen molar-refractivity contribution in [2.75, 3.05) is 18.5 Å². The Labute approximate surface area is 160 Å². The quantitative estimate of drug-likeness (QED) is 0.706. The van der Waals surface area contributed by atoms with Gasteiger partial charge in [0.1, 0.15) is 24.8 Å². The van der Waals surface area contributed by atoms with E-state index in [1.807, 2.05) is 0 Å². The number of fused-ring (bicyclic) bond motifs is 2. The van der Waals surface area contributed by atoms with E-state index in [-0.39, 0.29) is 23.3 Å². The van der Waals surface area contributed by atoms with Gasteiger partial charge in [-0.2, -0.15) is 5.01 Å². The van der Waals surface area contributed by atoms with Crippen molar-refractivity contribution in [3.05, 3.63) is 18.2 Å². The van der Waals surface area contributed by atoms with Crippen LogP contribution in [0.1, 0.15) is 20.3 Å². The molecule has 3 aliphatic rings. The number of nitrogens with one attached hydrogen (secondary N) is 2. The van der Waals surface area contributed by atoms with Crippen LogP contribution in [0.3, 0.4) is 0 Å². The van der Waals surface area contributed by atoms with E-state index in [1.54, 1.807) is 32.0 Å². The maximum atomic E-state index is 12.9. The van der Waals surface area contributed by atoms with Crippen molar-refractivity contribution >= 4 is 40.7 Å². The molecule has 9 nitrogen and oxygen atoms in total. The number of hydrogen-bond acceptors (Lipinski definition) is 7. The van der Waals surface area contributed by atoms with Crippen LogP contribution in [-0.4, -0.2) is 57.6 Å². The lowest BCUT2D eigenvalue weighted by Crippen LogP contribution is -2.71. The summed E-state index contributed by atoms with van der Waals surface area (Å²) in [4.78, 5) is 37.6. The van der Waals surface area contributed by atoms with E-state index in [2.05, 4.69) is 10.6 Å². The standard InChI is InChI=1S/C17H18N4O5S/c1-17(2)15(24)19-16(27)20-13(22)8-10(21(17)20)14(23)18-9-3-4-11-12(7-9)26-6-5-25-11/h3-4,7,10H,5-6,8H2,1-2H3,(H,18,23)(H,19,24,27)/t10-/m1/s1. The lowest BCUT2D eigenvalue weighted by molar-refractivity contribution is -0.154. The second-order valence-electron chi connectivity index (χ2n) is 6.94. The van der Waals surface area contributed by atoms with Crippen molar-refractivity contribution in [2.24, 2.45) is 0 Å². The fourth-order valence-corrected chi connectivity index (χ4v) is 3.69. The molecule has 0 spiro atoms. The second-order valence-corrected chi connectivity index (χ2v) is 7.32. The Morgan fingerprint density at radius 1 is 1.26 bits per heavy atom. The first kappa shape index (κ1) is 17.7. The molecule has 0 radical (unpaired) electrons. The van der Waals surface area contributed by atoms with Crippen LogP contribution in [0.4, 0.5) is 5.69 Å². The summed E-state index contributed by atoms with van der Waals surface area (Å²) in [7, 11) is 0. The molecule has 0 bridgehead atoms. The fourth-order valence-electron chi connectivity index (χ4n) is 3.41. The van der Waals surface area contributed by atoms with E-state index in [0.717, 1.165) is 0 Å². The maximum Gasteiger partial charge on any atom is 0.248 e. The zero-order valence-corrected chi connectivity index (χ0v) is 15.6. The lowest BCUT2D eigenvalue weighted by atomic mass is 10.00. The first-order chi connectivity index (χ1) is 12.8. The third-order valence-corrected chi connectivity index (χ3v) is 5.04. The molecule has 27 heavy (non-hydrogen) atoms. The number of hydrogen-bond donors (Lipinski definition) is 2. The Morgan fingerprint density at radius 3 is 2.70 bits per heavy atom. The summed E-state index contributed by atoms with van der Waals surface area (Å²) in [6.45, 7) is 4.19. The molecule has 0 aromatic heterocycles. The van der Waals surface area contributed by atoms with Gasteiger partial charge in [-0.1, -0.05) is 0 Å². The van der Waals surface area contributed by atoms with E-state index in [4.69, 9.17) is 21.7 Å². The summed E-state index contributed by atoms with van der Waals surface area (Å²) in [6, 6.07) is 4.21. The molecule has 2 fully saturated rings. The predicted molar refractivity (Wildman–Crippen MR) is 98.0 cm³/mol. The zero-order valence-electron chi connectivity index (χ0n) is 14.8. The Morgan fingerprint density at radius 2 is 1.96 bits per heavy atom. The van der Waals surface area contributed by atoms with Gasteiger partial charge in [-0.05, 0) is 38.2 Å². The minimum absolute atomic E-state index is 0.0149. The molecule has 0 saturated carbocycles. The third kappa shape index (κ3) is 2.81. The van der Waals surface area contributed by atoms with Crippen LogP contribution in [0.25, 0.3) is 0 Å². The van der Waals surface area contributed by atoms with Gasteiger partial charge in [0.2, 0.25) is 17.7 Å². The number of rotatable bonds is 2. The van der Waals surface area contributed by atoms with E-state index in [0.29, 0.717) is 30.4 Å². The average Bonchev–Trinajstić information content (AvgIpc) is 2.99. The van der Waals surface area contributed by atoms with Gasteiger partial charge in [0, 0.05) is 11.8 Å². The number of thiocarbonyl (C=S) groups is 1. The largest absolute Gasteiger partial charge is 0.486 e. The monoisotopic (exact) mass is 390 g/mol. The number of benzene rings is 1. The van der Waals surface area contributed by atoms with Gasteiger partial charge >= 0.3 is 0 Å². The molecule has 10 heteroatoms. The molecule has 0 unspecified atom stereocenters. The first-order valence-corrected chi connectivity index (χ1v) is 8.88. The number of anilines is 1. The van der Waals surface area contributed by atoms with Crippen LogP contribution in [0, 0.1) is 0 Å². The van der Waals surface area contributed by atoms with Crippen molar-refractivity contribution in [3.8, 4) is 11.5 Å². The number of carbonyl (C=O) groups is 3. The van der Waals surface area contributed by atoms with Gasteiger partial charge in [-0.3, -0.25) is 19.7 Å². The Bertz CT molecular complexity index is 871. The number of carbonyl (C=O) groups excluding carboxylic acids is 3. The highest BCUT2D eigenvalue weighted by molar-refractivity contribution is 7.80. The minimum atomic E-state index is -1.11. The summed E-state index contributed by atoms with van der Waals surface area (Å²) < 4.78 is 11.0. The summed E-state index contributed by atoms with van der Waals surface area (Å²) in [5.74, 6) is 0.0433.